The van der Waals surface area contributed by atoms with Gasteiger partial charge in [-0.05, 0) is 13.3 Å². The third-order valence-electron chi connectivity index (χ3n) is 2.76. The summed E-state index contributed by atoms with van der Waals surface area (Å²) in [5, 5.41) is 30.9. The number of carbonyl (C=O) groups is 1. The van der Waals surface area contributed by atoms with Gasteiger partial charge in [0.15, 0.2) is 0 Å². The van der Waals surface area contributed by atoms with E-state index in [1.807, 2.05) is 0 Å². The van der Waals surface area contributed by atoms with Crippen LogP contribution in [0.3, 0.4) is 0 Å². The summed E-state index contributed by atoms with van der Waals surface area (Å²) in [5.74, 6) is -0.321. The number of carbonyl (C=O) groups excluding carboxylic acids is 1. The van der Waals surface area contributed by atoms with E-state index in [2.05, 4.69) is 5.32 Å². The molecule has 16 heavy (non-hydrogen) atoms. The number of nitrogens with one attached hydrogen (secondary N) is 1. The lowest BCUT2D eigenvalue weighted by Crippen LogP contribution is -2.36. The number of hydrogen-bond donors (Lipinski definition) is 4. The van der Waals surface area contributed by atoms with E-state index in [0.29, 0.717) is 13.0 Å². The van der Waals surface area contributed by atoms with Gasteiger partial charge < -0.3 is 25.4 Å². The second kappa shape index (κ2) is 6.15. The zero-order valence-electron chi connectivity index (χ0n) is 9.30. The summed E-state index contributed by atoms with van der Waals surface area (Å²) in [6, 6.07) is -0.904. The first-order valence-corrected chi connectivity index (χ1v) is 5.48. The largest absolute Gasteiger partial charge is 0.466 e. The maximum absolute atomic E-state index is 11.1. The van der Waals surface area contributed by atoms with Gasteiger partial charge in [0, 0.05) is 12.5 Å². The molecule has 0 aliphatic carbocycles. The van der Waals surface area contributed by atoms with Crippen LogP contribution in [-0.4, -0.2) is 58.8 Å². The Morgan fingerprint density at radius 2 is 1.94 bits per heavy atom. The first-order valence-electron chi connectivity index (χ1n) is 5.48. The molecule has 1 heterocycles. The minimum Gasteiger partial charge on any atom is -0.466 e. The van der Waals surface area contributed by atoms with E-state index in [0.717, 1.165) is 0 Å². The quantitative estimate of drug-likeness (QED) is 0.426. The van der Waals surface area contributed by atoms with Gasteiger partial charge in [-0.15, -0.1) is 0 Å². The Morgan fingerprint density at radius 1 is 1.31 bits per heavy atom. The topological polar surface area (TPSA) is 99.0 Å². The third-order valence-corrected chi connectivity index (χ3v) is 2.76. The van der Waals surface area contributed by atoms with Gasteiger partial charge in [-0.25, -0.2) is 0 Å². The van der Waals surface area contributed by atoms with Crippen LogP contribution < -0.4 is 5.32 Å². The van der Waals surface area contributed by atoms with Crippen LogP contribution in [0.1, 0.15) is 19.8 Å². The molecular weight excluding hydrogens is 214 g/mol. The monoisotopic (exact) mass is 233 g/mol. The van der Waals surface area contributed by atoms with Gasteiger partial charge in [-0.2, -0.15) is 0 Å². The van der Waals surface area contributed by atoms with E-state index in [1.54, 1.807) is 6.92 Å². The van der Waals surface area contributed by atoms with Crippen LogP contribution in [0.2, 0.25) is 0 Å². The lowest BCUT2D eigenvalue weighted by atomic mass is 10.0. The van der Waals surface area contributed by atoms with Gasteiger partial charge in [0.05, 0.1) is 31.5 Å². The highest BCUT2D eigenvalue weighted by atomic mass is 16.5. The van der Waals surface area contributed by atoms with Crippen molar-refractivity contribution in [3.63, 3.8) is 0 Å². The minimum absolute atomic E-state index is 0.188. The van der Waals surface area contributed by atoms with E-state index in [1.165, 1.54) is 0 Å². The molecule has 4 atom stereocenters. The zero-order chi connectivity index (χ0) is 12.1. The van der Waals surface area contributed by atoms with E-state index in [4.69, 9.17) is 9.84 Å². The minimum atomic E-state index is -0.989. The molecule has 0 saturated carbocycles. The average molecular weight is 233 g/mol. The molecule has 0 aromatic heterocycles. The van der Waals surface area contributed by atoms with Crippen LogP contribution in [0.25, 0.3) is 0 Å². The molecule has 0 unspecified atom stereocenters. The van der Waals surface area contributed by atoms with E-state index >= 15 is 0 Å². The van der Waals surface area contributed by atoms with Gasteiger partial charge in [0.1, 0.15) is 0 Å². The van der Waals surface area contributed by atoms with E-state index < -0.39 is 18.2 Å². The number of hydrogen-bond acceptors (Lipinski definition) is 6. The lowest BCUT2D eigenvalue weighted by molar-refractivity contribution is -0.143. The molecule has 1 saturated heterocycles. The Balaban J connectivity index is 2.35. The number of ether oxygens (including phenoxy) is 1. The van der Waals surface area contributed by atoms with Gasteiger partial charge in [0.25, 0.3) is 0 Å². The van der Waals surface area contributed by atoms with Crippen LogP contribution in [0, 0.1) is 0 Å². The van der Waals surface area contributed by atoms with Crippen molar-refractivity contribution >= 4 is 5.97 Å². The molecule has 1 fully saturated rings. The Hall–Kier alpha value is -0.690. The summed E-state index contributed by atoms with van der Waals surface area (Å²) >= 11 is 0. The molecule has 0 bridgehead atoms. The van der Waals surface area contributed by atoms with Gasteiger partial charge in [0.2, 0.25) is 0 Å². The summed E-state index contributed by atoms with van der Waals surface area (Å²) in [6.07, 6.45) is -1.37. The van der Waals surface area contributed by atoms with Crippen molar-refractivity contribution in [1.82, 2.24) is 5.32 Å². The summed E-state index contributed by atoms with van der Waals surface area (Å²) in [4.78, 5) is 11.1. The van der Waals surface area contributed by atoms with Crippen LogP contribution in [0.5, 0.6) is 0 Å². The summed E-state index contributed by atoms with van der Waals surface area (Å²) in [6.45, 7) is 1.82. The standard InChI is InChI=1S/C10H19NO5/c1-2-16-8(13)4-3-6-9(14)10(15)7(5-12)11-6/h6-7,9-12,14-15H,2-5H2,1H3/t6-,7+,9+,10-/m0/s1. The molecular formula is C10H19NO5. The van der Waals surface area contributed by atoms with Crippen molar-refractivity contribution in [2.45, 2.75) is 44.1 Å². The highest BCUT2D eigenvalue weighted by Crippen LogP contribution is 2.18. The average Bonchev–Trinajstić information content (AvgIpc) is 2.54. The van der Waals surface area contributed by atoms with Crippen molar-refractivity contribution in [1.29, 1.82) is 0 Å². The molecule has 0 amide bonds. The first-order chi connectivity index (χ1) is 7.60. The van der Waals surface area contributed by atoms with Crippen LogP contribution in [-0.2, 0) is 9.53 Å². The molecule has 1 aliphatic rings. The highest BCUT2D eigenvalue weighted by molar-refractivity contribution is 5.69. The summed E-state index contributed by atoms with van der Waals surface area (Å²) < 4.78 is 4.76. The predicted molar refractivity (Wildman–Crippen MR) is 55.7 cm³/mol. The molecule has 1 aliphatic heterocycles. The maximum Gasteiger partial charge on any atom is 0.305 e. The summed E-state index contributed by atoms with van der Waals surface area (Å²) in [7, 11) is 0. The molecule has 1 rings (SSSR count). The van der Waals surface area contributed by atoms with Crippen LogP contribution >= 0.6 is 0 Å². The van der Waals surface area contributed by atoms with Crippen molar-refractivity contribution in [2.75, 3.05) is 13.2 Å². The molecule has 6 heteroatoms. The fourth-order valence-electron chi connectivity index (χ4n) is 1.87. The normalized spacial score (nSPS) is 34.0. The molecule has 4 N–H and O–H groups in total. The fourth-order valence-corrected chi connectivity index (χ4v) is 1.87. The van der Waals surface area contributed by atoms with Gasteiger partial charge in [-0.3, -0.25) is 4.79 Å². The Bertz CT molecular complexity index is 235. The van der Waals surface area contributed by atoms with Crippen molar-refractivity contribution in [3.05, 3.63) is 0 Å². The van der Waals surface area contributed by atoms with Gasteiger partial charge >= 0.3 is 5.97 Å². The molecule has 0 radical (unpaired) electrons. The number of aliphatic hydroxyl groups excluding tert-OH is 3. The maximum atomic E-state index is 11.1. The van der Waals surface area contributed by atoms with E-state index in [-0.39, 0.29) is 25.0 Å². The number of aliphatic hydroxyl groups is 3. The Kier molecular flexibility index (Phi) is 5.14. The Labute approximate surface area is 94.2 Å². The van der Waals surface area contributed by atoms with Crippen molar-refractivity contribution in [3.8, 4) is 0 Å². The van der Waals surface area contributed by atoms with E-state index in [9.17, 15) is 15.0 Å². The third kappa shape index (κ3) is 3.15. The smallest absolute Gasteiger partial charge is 0.305 e. The summed E-state index contributed by atoms with van der Waals surface area (Å²) in [5.41, 5.74) is 0. The molecule has 0 aromatic rings. The highest BCUT2D eigenvalue weighted by Gasteiger charge is 2.40. The molecule has 0 spiro atoms. The second-order valence-corrected chi connectivity index (χ2v) is 3.89. The predicted octanol–water partition coefficient (Wildman–Crippen LogP) is -1.62. The zero-order valence-corrected chi connectivity index (χ0v) is 9.30. The lowest BCUT2D eigenvalue weighted by Gasteiger charge is -2.14. The van der Waals surface area contributed by atoms with Gasteiger partial charge in [-0.1, -0.05) is 0 Å². The SMILES string of the molecule is CCOC(=O)CC[C@@H]1N[C@H](CO)[C@H](O)[C@@H]1O. The number of esters is 1. The first kappa shape index (κ1) is 13.4. The number of rotatable bonds is 5. The molecule has 6 nitrogen and oxygen atoms in total. The fraction of sp³-hybridized carbons (Fsp3) is 0.900. The molecule has 94 valence electrons. The van der Waals surface area contributed by atoms with Crippen LogP contribution in [0.15, 0.2) is 0 Å². The Morgan fingerprint density at radius 3 is 2.44 bits per heavy atom. The van der Waals surface area contributed by atoms with Crippen LogP contribution in [0.4, 0.5) is 0 Å². The second-order valence-electron chi connectivity index (χ2n) is 3.89. The van der Waals surface area contributed by atoms with Crippen molar-refractivity contribution < 1.29 is 24.9 Å². The molecule has 0 aromatic carbocycles. The van der Waals surface area contributed by atoms with Crippen molar-refractivity contribution in [2.24, 2.45) is 0 Å².